The van der Waals surface area contributed by atoms with Crippen molar-refractivity contribution < 1.29 is 14.3 Å². The fourth-order valence-electron chi connectivity index (χ4n) is 1.96. The number of carboxylic acid groups (broad SMARTS) is 1. The van der Waals surface area contributed by atoms with Crippen molar-refractivity contribution in [3.05, 3.63) is 0 Å². The lowest BCUT2D eigenvalue weighted by Crippen LogP contribution is -2.52. The molecular formula is C9H15FN4O2. The van der Waals surface area contributed by atoms with Crippen LogP contribution in [0.3, 0.4) is 0 Å². The Labute approximate surface area is 92.7 Å². The Morgan fingerprint density at radius 3 is 3.06 bits per heavy atom. The number of halogens is 1. The van der Waals surface area contributed by atoms with Crippen molar-refractivity contribution in [1.29, 1.82) is 5.53 Å². The molecule has 0 aromatic carbocycles. The van der Waals surface area contributed by atoms with Gasteiger partial charge in [0, 0.05) is 6.54 Å². The van der Waals surface area contributed by atoms with Crippen molar-refractivity contribution in [2.24, 2.45) is 5.11 Å². The van der Waals surface area contributed by atoms with Crippen molar-refractivity contribution in [2.45, 2.75) is 31.4 Å². The van der Waals surface area contributed by atoms with E-state index in [4.69, 9.17) is 5.53 Å². The Hall–Kier alpha value is -1.49. The van der Waals surface area contributed by atoms with Gasteiger partial charge in [-0.3, -0.25) is 0 Å². The van der Waals surface area contributed by atoms with Crippen LogP contribution < -0.4 is 10.0 Å². The van der Waals surface area contributed by atoms with Gasteiger partial charge in [0.25, 0.3) is 0 Å². The Morgan fingerprint density at radius 1 is 1.69 bits per heavy atom. The second-order valence-corrected chi connectivity index (χ2v) is 4.01. The molecule has 1 heterocycles. The molecule has 1 atom stereocenters. The third-order valence-corrected chi connectivity index (χ3v) is 2.74. The number of hydrogen-bond donors (Lipinski definition) is 1. The molecular weight excluding hydrogens is 215 g/mol. The highest BCUT2D eigenvalue weighted by Crippen LogP contribution is 2.29. The summed E-state index contributed by atoms with van der Waals surface area (Å²) in [6.07, 6.45) is 0.294. The van der Waals surface area contributed by atoms with Gasteiger partial charge >= 0.3 is 0 Å². The summed E-state index contributed by atoms with van der Waals surface area (Å²) in [6, 6.07) is 0. The van der Waals surface area contributed by atoms with Gasteiger partial charge in [0.2, 0.25) is 4.91 Å². The maximum Gasteiger partial charge on any atom is 0.214 e. The molecule has 1 aliphatic heterocycles. The van der Waals surface area contributed by atoms with Gasteiger partial charge in [0.1, 0.15) is 29.0 Å². The molecule has 1 amide bonds. The lowest BCUT2D eigenvalue weighted by molar-refractivity contribution is -0.268. The number of likely N-dealkylation sites (tertiary alicyclic amines) is 1. The van der Waals surface area contributed by atoms with Gasteiger partial charge in [-0.2, -0.15) is 0 Å². The maximum atomic E-state index is 14.2. The Bertz CT molecular complexity index is 306. The molecule has 1 N–H and O–H groups in total. The number of carbonyl (C=O) groups is 1. The van der Waals surface area contributed by atoms with Crippen molar-refractivity contribution in [3.8, 4) is 0 Å². The molecule has 0 radical (unpaired) electrons. The summed E-state index contributed by atoms with van der Waals surface area (Å²) < 4.78 is 14.2. The number of nitrogens with zero attached hydrogens (tertiary/aromatic N) is 3. The Morgan fingerprint density at radius 2 is 2.44 bits per heavy atom. The van der Waals surface area contributed by atoms with Crippen LogP contribution in [0.25, 0.3) is 0 Å². The highest BCUT2D eigenvalue weighted by atomic mass is 19.1. The van der Waals surface area contributed by atoms with E-state index in [1.807, 2.05) is 0 Å². The quantitative estimate of drug-likeness (QED) is 0.431. The van der Waals surface area contributed by atoms with Gasteiger partial charge in [0.05, 0.1) is 6.54 Å². The minimum absolute atomic E-state index is 0.118. The second kappa shape index (κ2) is 5.55. The minimum Gasteiger partial charge on any atom is -0.530 e. The molecule has 6 nitrogen and oxygen atoms in total. The highest BCUT2D eigenvalue weighted by Gasteiger charge is 2.35. The SMILES string of the molecule is N=[N+]=NCCCC1(F)CCCN(C(=O)[O-])C1. The van der Waals surface area contributed by atoms with Crippen molar-refractivity contribution in [1.82, 2.24) is 9.81 Å². The fourth-order valence-corrected chi connectivity index (χ4v) is 1.96. The van der Waals surface area contributed by atoms with Crippen LogP contribution in [0, 0.1) is 5.53 Å². The molecule has 1 aliphatic rings. The van der Waals surface area contributed by atoms with Crippen LogP contribution in [-0.4, -0.2) is 36.3 Å². The summed E-state index contributed by atoms with van der Waals surface area (Å²) in [5, 5.41) is 14.0. The smallest absolute Gasteiger partial charge is 0.214 e. The molecule has 16 heavy (non-hydrogen) atoms. The van der Waals surface area contributed by atoms with Gasteiger partial charge in [-0.05, 0) is 25.7 Å². The molecule has 0 saturated carbocycles. The monoisotopic (exact) mass is 230 g/mol. The lowest BCUT2D eigenvalue weighted by atomic mass is 9.90. The van der Waals surface area contributed by atoms with Crippen LogP contribution >= 0.6 is 0 Å². The Balaban J connectivity index is 2.42. The second-order valence-electron chi connectivity index (χ2n) is 4.01. The van der Waals surface area contributed by atoms with E-state index >= 15 is 0 Å². The maximum absolute atomic E-state index is 14.2. The van der Waals surface area contributed by atoms with E-state index in [1.54, 1.807) is 0 Å². The molecule has 0 aromatic rings. The van der Waals surface area contributed by atoms with E-state index in [0.717, 1.165) is 4.90 Å². The molecule has 90 valence electrons. The summed E-state index contributed by atoms with van der Waals surface area (Å²) in [5.41, 5.74) is 4.96. The normalized spacial score (nSPS) is 24.9. The first-order chi connectivity index (χ1) is 7.57. The third-order valence-electron chi connectivity index (χ3n) is 2.74. The highest BCUT2D eigenvalue weighted by molar-refractivity contribution is 5.62. The first-order valence-electron chi connectivity index (χ1n) is 5.25. The van der Waals surface area contributed by atoms with Crippen molar-refractivity contribution >= 4 is 6.09 Å². The van der Waals surface area contributed by atoms with Crippen LogP contribution in [0.1, 0.15) is 25.7 Å². The van der Waals surface area contributed by atoms with Crippen LogP contribution in [-0.2, 0) is 0 Å². The predicted octanol–water partition coefficient (Wildman–Crippen LogP) is 0.464. The molecule has 0 spiro atoms. The van der Waals surface area contributed by atoms with Crippen molar-refractivity contribution in [3.63, 3.8) is 0 Å². The number of alkyl halides is 1. The average molecular weight is 230 g/mol. The van der Waals surface area contributed by atoms with E-state index < -0.39 is 11.8 Å². The van der Waals surface area contributed by atoms with Gasteiger partial charge in [-0.25, -0.2) is 4.39 Å². The molecule has 1 saturated heterocycles. The summed E-state index contributed by atoms with van der Waals surface area (Å²) in [7, 11) is 0. The molecule has 7 heteroatoms. The van der Waals surface area contributed by atoms with Crippen molar-refractivity contribution in [2.75, 3.05) is 19.6 Å². The molecule has 0 aliphatic carbocycles. The van der Waals surface area contributed by atoms with E-state index in [2.05, 4.69) is 10.0 Å². The van der Waals surface area contributed by atoms with Gasteiger partial charge in [0.15, 0.2) is 0 Å². The number of nitrogens with one attached hydrogen (secondary N) is 1. The van der Waals surface area contributed by atoms with Crippen LogP contribution in [0.4, 0.5) is 9.18 Å². The molecule has 1 rings (SSSR count). The Kier molecular flexibility index (Phi) is 4.37. The van der Waals surface area contributed by atoms with E-state index in [-0.39, 0.29) is 13.0 Å². The number of piperidine rings is 1. The average Bonchev–Trinajstić information content (AvgIpc) is 2.24. The topological polar surface area (TPSA) is 93.7 Å². The van der Waals surface area contributed by atoms with E-state index in [1.165, 1.54) is 0 Å². The lowest BCUT2D eigenvalue weighted by Gasteiger charge is -2.38. The van der Waals surface area contributed by atoms with E-state index in [0.29, 0.717) is 32.4 Å². The largest absolute Gasteiger partial charge is 0.530 e. The minimum atomic E-state index is -1.48. The molecule has 1 unspecified atom stereocenters. The molecule has 0 aromatic heterocycles. The standard InChI is InChI=1S/C9H15FN4O2/c10-9(3-1-5-12-13-11)4-2-6-14(7-9)8(15)16/h11H,1-7H2. The summed E-state index contributed by atoms with van der Waals surface area (Å²) >= 11 is 0. The van der Waals surface area contributed by atoms with E-state index in [9.17, 15) is 14.3 Å². The first kappa shape index (κ1) is 12.6. The zero-order valence-electron chi connectivity index (χ0n) is 8.99. The molecule has 0 bridgehead atoms. The number of carbonyl (C=O) groups excluding carboxylic acids is 1. The first-order valence-corrected chi connectivity index (χ1v) is 5.25. The van der Waals surface area contributed by atoms with Crippen LogP contribution in [0.5, 0.6) is 0 Å². The number of hydrogen-bond acceptors (Lipinski definition) is 4. The summed E-state index contributed by atoms with van der Waals surface area (Å²) in [5.74, 6) is 0. The third kappa shape index (κ3) is 3.58. The van der Waals surface area contributed by atoms with Gasteiger partial charge < -0.3 is 14.8 Å². The fraction of sp³-hybridized carbons (Fsp3) is 0.889. The molecule has 1 fully saturated rings. The summed E-state index contributed by atoms with van der Waals surface area (Å²) in [6.45, 7) is 0.536. The van der Waals surface area contributed by atoms with Gasteiger partial charge in [-0.1, -0.05) is 0 Å². The predicted molar refractivity (Wildman–Crippen MR) is 51.4 cm³/mol. The van der Waals surface area contributed by atoms with Gasteiger partial charge in [-0.15, -0.1) is 0 Å². The van der Waals surface area contributed by atoms with Crippen LogP contribution in [0.15, 0.2) is 5.11 Å². The van der Waals surface area contributed by atoms with Crippen LogP contribution in [0.2, 0.25) is 0 Å². The zero-order valence-corrected chi connectivity index (χ0v) is 8.99. The number of rotatable bonds is 4. The number of amides is 1. The summed E-state index contributed by atoms with van der Waals surface area (Å²) in [4.78, 5) is 14.4. The zero-order chi connectivity index (χ0) is 12.0.